The largest absolute Gasteiger partial charge is 0.480 e. The molecule has 0 atom stereocenters. The number of thiazole rings is 1. The van der Waals surface area contributed by atoms with E-state index in [0.717, 1.165) is 42.7 Å². The molecule has 0 aliphatic rings. The molecule has 0 aromatic carbocycles. The number of hydrogen-bond donors (Lipinski definition) is 1. The summed E-state index contributed by atoms with van der Waals surface area (Å²) in [5, 5.41) is 4.32. The van der Waals surface area contributed by atoms with Crippen molar-refractivity contribution < 1.29 is 9.47 Å². The van der Waals surface area contributed by atoms with Crippen molar-refractivity contribution in [2.75, 3.05) is 45.9 Å². The van der Waals surface area contributed by atoms with Crippen molar-refractivity contribution in [2.24, 2.45) is 0 Å². The third-order valence-electron chi connectivity index (χ3n) is 2.58. The van der Waals surface area contributed by atoms with Gasteiger partial charge in [-0.15, -0.1) is 0 Å². The number of aromatic nitrogens is 1. The van der Waals surface area contributed by atoms with Gasteiger partial charge in [-0.3, -0.25) is 0 Å². The lowest BCUT2D eigenvalue weighted by Crippen LogP contribution is -2.19. The quantitative estimate of drug-likeness (QED) is 0.668. The van der Waals surface area contributed by atoms with Crippen LogP contribution in [0.15, 0.2) is 0 Å². The van der Waals surface area contributed by atoms with Crippen molar-refractivity contribution in [3.05, 3.63) is 4.88 Å². The Labute approximate surface area is 119 Å². The van der Waals surface area contributed by atoms with Crippen LogP contribution >= 0.6 is 11.3 Å². The highest BCUT2D eigenvalue weighted by Gasteiger charge is 2.12. The summed E-state index contributed by atoms with van der Waals surface area (Å²) in [6, 6.07) is 0. The second-order valence-electron chi connectivity index (χ2n) is 4.47. The summed E-state index contributed by atoms with van der Waals surface area (Å²) in [6.07, 6.45) is 2.31. The van der Waals surface area contributed by atoms with Gasteiger partial charge in [0.1, 0.15) is 0 Å². The minimum absolute atomic E-state index is 0.716. The molecule has 0 aliphatic carbocycles. The predicted molar refractivity (Wildman–Crippen MR) is 80.4 cm³/mol. The minimum atomic E-state index is 0.716. The molecule has 1 N–H and O–H groups in total. The first kappa shape index (κ1) is 16.2. The van der Waals surface area contributed by atoms with Gasteiger partial charge in [-0.1, -0.05) is 24.7 Å². The van der Waals surface area contributed by atoms with Crippen LogP contribution < -0.4 is 15.0 Å². The molecule has 0 saturated heterocycles. The molecule has 110 valence electrons. The summed E-state index contributed by atoms with van der Waals surface area (Å²) >= 11 is 1.65. The van der Waals surface area contributed by atoms with Gasteiger partial charge in [0.25, 0.3) is 0 Å². The molecular formula is C13H25N3O2S. The van der Waals surface area contributed by atoms with E-state index in [0.29, 0.717) is 5.88 Å². The fourth-order valence-electron chi connectivity index (χ4n) is 1.48. The molecule has 6 heteroatoms. The molecule has 1 rings (SSSR count). The van der Waals surface area contributed by atoms with Gasteiger partial charge in [-0.05, 0) is 6.42 Å². The van der Waals surface area contributed by atoms with Crippen LogP contribution in [0.25, 0.3) is 0 Å². The zero-order valence-corrected chi connectivity index (χ0v) is 13.2. The highest BCUT2D eigenvalue weighted by atomic mass is 32.1. The maximum atomic E-state index is 5.50. The first-order chi connectivity index (χ1) is 9.19. The van der Waals surface area contributed by atoms with E-state index in [1.54, 1.807) is 18.4 Å². The summed E-state index contributed by atoms with van der Waals surface area (Å²) < 4.78 is 10.8. The van der Waals surface area contributed by atoms with E-state index in [1.807, 2.05) is 19.0 Å². The summed E-state index contributed by atoms with van der Waals surface area (Å²) in [5.41, 5.74) is 0. The maximum absolute atomic E-state index is 5.50. The molecule has 0 amide bonds. The van der Waals surface area contributed by atoms with E-state index in [1.165, 1.54) is 6.42 Å². The number of hydrogen-bond acceptors (Lipinski definition) is 6. The first-order valence-corrected chi connectivity index (χ1v) is 7.50. The van der Waals surface area contributed by atoms with Crippen molar-refractivity contribution in [1.82, 2.24) is 10.3 Å². The number of methoxy groups -OCH3 is 1. The molecule has 0 saturated carbocycles. The third kappa shape index (κ3) is 5.76. The Morgan fingerprint density at radius 2 is 2.11 bits per heavy atom. The van der Waals surface area contributed by atoms with Gasteiger partial charge < -0.3 is 19.7 Å². The Morgan fingerprint density at radius 1 is 1.32 bits per heavy atom. The maximum Gasteiger partial charge on any atom is 0.230 e. The van der Waals surface area contributed by atoms with E-state index in [9.17, 15) is 0 Å². The van der Waals surface area contributed by atoms with Crippen molar-refractivity contribution in [3.8, 4) is 5.88 Å². The molecule has 0 aliphatic heterocycles. The number of anilines is 1. The lowest BCUT2D eigenvalue weighted by molar-refractivity contribution is 0.133. The van der Waals surface area contributed by atoms with Gasteiger partial charge in [0.2, 0.25) is 5.88 Å². The number of nitrogens with one attached hydrogen (secondary N) is 1. The molecule has 1 heterocycles. The van der Waals surface area contributed by atoms with Crippen LogP contribution in [0.5, 0.6) is 5.88 Å². The van der Waals surface area contributed by atoms with E-state index in [2.05, 4.69) is 17.2 Å². The van der Waals surface area contributed by atoms with Crippen LogP contribution in [0.3, 0.4) is 0 Å². The fraction of sp³-hybridized carbons (Fsp3) is 0.769. The monoisotopic (exact) mass is 287 g/mol. The molecule has 0 radical (unpaired) electrons. The van der Waals surface area contributed by atoms with E-state index >= 15 is 0 Å². The van der Waals surface area contributed by atoms with Gasteiger partial charge in [-0.25, -0.2) is 0 Å². The van der Waals surface area contributed by atoms with E-state index in [4.69, 9.17) is 9.47 Å². The average Bonchev–Trinajstić information content (AvgIpc) is 2.81. The highest BCUT2D eigenvalue weighted by molar-refractivity contribution is 7.15. The summed E-state index contributed by atoms with van der Waals surface area (Å²) in [4.78, 5) is 7.53. The lowest BCUT2D eigenvalue weighted by Gasteiger charge is -2.05. The zero-order valence-electron chi connectivity index (χ0n) is 12.4. The third-order valence-corrected chi connectivity index (χ3v) is 3.78. The molecule has 5 nitrogen and oxygen atoms in total. The van der Waals surface area contributed by atoms with Gasteiger partial charge in [0.15, 0.2) is 5.13 Å². The Kier molecular flexibility index (Phi) is 7.78. The standard InChI is InChI=1S/C13H25N3O2S/c1-5-6-8-18-9-7-14-10-11-12(17-4)15-13(19-11)16(2)3/h14H,5-10H2,1-4H3. The van der Waals surface area contributed by atoms with Gasteiger partial charge in [-0.2, -0.15) is 4.98 Å². The van der Waals surface area contributed by atoms with E-state index < -0.39 is 0 Å². The smallest absolute Gasteiger partial charge is 0.230 e. The van der Waals surface area contributed by atoms with Crippen LogP contribution in [-0.2, 0) is 11.3 Å². The second-order valence-corrected chi connectivity index (χ2v) is 5.53. The predicted octanol–water partition coefficient (Wildman–Crippen LogP) is 2.12. The Bertz CT molecular complexity index is 356. The number of nitrogens with zero attached hydrogens (tertiary/aromatic N) is 2. The van der Waals surface area contributed by atoms with Gasteiger partial charge in [0, 0.05) is 33.8 Å². The van der Waals surface area contributed by atoms with E-state index in [-0.39, 0.29) is 0 Å². The van der Waals surface area contributed by atoms with Crippen molar-refractivity contribution >= 4 is 16.5 Å². The number of ether oxygens (including phenoxy) is 2. The lowest BCUT2D eigenvalue weighted by atomic mass is 10.4. The summed E-state index contributed by atoms with van der Waals surface area (Å²) in [6.45, 7) is 5.39. The van der Waals surface area contributed by atoms with Crippen molar-refractivity contribution in [3.63, 3.8) is 0 Å². The topological polar surface area (TPSA) is 46.6 Å². The average molecular weight is 287 g/mol. The Hall–Kier alpha value is -0.850. The Balaban J connectivity index is 2.28. The fourth-order valence-corrected chi connectivity index (χ4v) is 2.41. The van der Waals surface area contributed by atoms with Crippen LogP contribution in [0.1, 0.15) is 24.6 Å². The molecule has 0 bridgehead atoms. The van der Waals surface area contributed by atoms with Gasteiger partial charge in [0.05, 0.1) is 18.6 Å². The molecule has 1 aromatic heterocycles. The molecule has 0 spiro atoms. The summed E-state index contributed by atoms with van der Waals surface area (Å²) in [7, 11) is 5.62. The molecule has 19 heavy (non-hydrogen) atoms. The van der Waals surface area contributed by atoms with Crippen molar-refractivity contribution in [1.29, 1.82) is 0 Å². The van der Waals surface area contributed by atoms with Crippen LogP contribution in [0.2, 0.25) is 0 Å². The second kappa shape index (κ2) is 9.12. The zero-order chi connectivity index (χ0) is 14.1. The Morgan fingerprint density at radius 3 is 2.74 bits per heavy atom. The molecule has 1 aromatic rings. The van der Waals surface area contributed by atoms with Gasteiger partial charge >= 0.3 is 0 Å². The SMILES string of the molecule is CCCCOCCNCc1sc(N(C)C)nc1OC. The number of rotatable bonds is 10. The summed E-state index contributed by atoms with van der Waals surface area (Å²) in [5.74, 6) is 0.716. The molecule has 0 unspecified atom stereocenters. The number of unbranched alkanes of at least 4 members (excludes halogenated alkanes) is 1. The minimum Gasteiger partial charge on any atom is -0.480 e. The molecular weight excluding hydrogens is 262 g/mol. The van der Waals surface area contributed by atoms with Crippen LogP contribution in [0.4, 0.5) is 5.13 Å². The highest BCUT2D eigenvalue weighted by Crippen LogP contribution is 2.29. The molecule has 0 fully saturated rings. The van der Waals surface area contributed by atoms with Crippen LogP contribution in [0, 0.1) is 0 Å². The normalized spacial score (nSPS) is 10.7. The van der Waals surface area contributed by atoms with Crippen molar-refractivity contribution in [2.45, 2.75) is 26.3 Å². The van der Waals surface area contributed by atoms with Crippen LogP contribution in [-0.4, -0.2) is 45.9 Å². The first-order valence-electron chi connectivity index (χ1n) is 6.68.